The van der Waals surface area contributed by atoms with Crippen LogP contribution < -0.4 is 5.32 Å². The number of benzene rings is 1. The second-order valence-electron chi connectivity index (χ2n) is 5.21. The molecule has 0 saturated carbocycles. The molecule has 0 aliphatic heterocycles. The molecule has 0 fully saturated rings. The highest BCUT2D eigenvalue weighted by Gasteiger charge is 2.20. The molecule has 0 bridgehead atoms. The first-order valence-corrected chi connectivity index (χ1v) is 7.03. The van der Waals surface area contributed by atoms with Crippen LogP contribution in [0.4, 0.5) is 0 Å². The molecular formula is C17H19N3O. The summed E-state index contributed by atoms with van der Waals surface area (Å²) in [5.41, 5.74) is 2.52. The van der Waals surface area contributed by atoms with Crippen LogP contribution in [0.5, 0.6) is 0 Å². The van der Waals surface area contributed by atoms with E-state index in [2.05, 4.69) is 41.5 Å². The van der Waals surface area contributed by atoms with Crippen LogP contribution in [-0.2, 0) is 13.6 Å². The number of hydrogen-bond donors (Lipinski definition) is 1. The maximum absolute atomic E-state index is 5.57. The number of nitrogens with zero attached hydrogens (tertiary/aromatic N) is 2. The molecule has 0 spiro atoms. The molecule has 2 aromatic heterocycles. The van der Waals surface area contributed by atoms with Crippen molar-refractivity contribution in [2.75, 3.05) is 0 Å². The zero-order chi connectivity index (χ0) is 14.7. The number of aryl methyl sites for hydroxylation is 2. The summed E-state index contributed by atoms with van der Waals surface area (Å²) in [6.45, 7) is 2.87. The third-order valence-corrected chi connectivity index (χ3v) is 3.54. The van der Waals surface area contributed by atoms with Crippen LogP contribution in [0, 0.1) is 6.92 Å². The van der Waals surface area contributed by atoms with Gasteiger partial charge in [-0.05, 0) is 24.6 Å². The molecular weight excluding hydrogens is 262 g/mol. The van der Waals surface area contributed by atoms with Crippen molar-refractivity contribution in [2.24, 2.45) is 7.05 Å². The van der Waals surface area contributed by atoms with Gasteiger partial charge in [0.15, 0.2) is 0 Å². The smallest absolute Gasteiger partial charge is 0.133 e. The van der Waals surface area contributed by atoms with Gasteiger partial charge in [-0.1, -0.05) is 29.8 Å². The van der Waals surface area contributed by atoms with Crippen molar-refractivity contribution in [3.8, 4) is 0 Å². The second kappa shape index (κ2) is 5.97. The normalized spacial score (nSPS) is 12.5. The SMILES string of the molecule is Cc1cccc(CNC(c2ccco2)c2nccn2C)c1. The van der Waals surface area contributed by atoms with Crippen molar-refractivity contribution in [3.05, 3.63) is 77.8 Å². The molecule has 21 heavy (non-hydrogen) atoms. The quantitative estimate of drug-likeness (QED) is 0.781. The van der Waals surface area contributed by atoms with E-state index in [1.807, 2.05) is 29.9 Å². The minimum absolute atomic E-state index is 0.0551. The summed E-state index contributed by atoms with van der Waals surface area (Å²) >= 11 is 0. The van der Waals surface area contributed by atoms with Gasteiger partial charge in [-0.15, -0.1) is 0 Å². The predicted octanol–water partition coefficient (Wildman–Crippen LogP) is 3.20. The van der Waals surface area contributed by atoms with Gasteiger partial charge >= 0.3 is 0 Å². The van der Waals surface area contributed by atoms with E-state index in [1.165, 1.54) is 11.1 Å². The van der Waals surface area contributed by atoms with Gasteiger partial charge in [-0.25, -0.2) is 4.98 Å². The van der Waals surface area contributed by atoms with Crippen molar-refractivity contribution >= 4 is 0 Å². The lowest BCUT2D eigenvalue weighted by atomic mass is 10.1. The van der Waals surface area contributed by atoms with Gasteiger partial charge in [-0.2, -0.15) is 0 Å². The highest BCUT2D eigenvalue weighted by molar-refractivity contribution is 5.23. The zero-order valence-electron chi connectivity index (χ0n) is 12.3. The van der Waals surface area contributed by atoms with Gasteiger partial charge in [0.25, 0.3) is 0 Å². The second-order valence-corrected chi connectivity index (χ2v) is 5.21. The molecule has 108 valence electrons. The Bertz CT molecular complexity index is 700. The molecule has 4 nitrogen and oxygen atoms in total. The maximum atomic E-state index is 5.57. The molecule has 0 radical (unpaired) electrons. The number of hydrogen-bond acceptors (Lipinski definition) is 3. The summed E-state index contributed by atoms with van der Waals surface area (Å²) in [5.74, 6) is 1.81. The van der Waals surface area contributed by atoms with Crippen molar-refractivity contribution in [3.63, 3.8) is 0 Å². The average molecular weight is 281 g/mol. The third kappa shape index (κ3) is 3.06. The summed E-state index contributed by atoms with van der Waals surface area (Å²) in [7, 11) is 1.99. The summed E-state index contributed by atoms with van der Waals surface area (Å²) in [5, 5.41) is 3.53. The number of nitrogens with one attached hydrogen (secondary N) is 1. The molecule has 1 unspecified atom stereocenters. The van der Waals surface area contributed by atoms with E-state index in [0.717, 1.165) is 18.1 Å². The van der Waals surface area contributed by atoms with E-state index in [0.29, 0.717) is 0 Å². The van der Waals surface area contributed by atoms with Crippen LogP contribution in [0.25, 0.3) is 0 Å². The Balaban J connectivity index is 1.82. The van der Waals surface area contributed by atoms with E-state index in [-0.39, 0.29) is 6.04 Å². The van der Waals surface area contributed by atoms with E-state index in [4.69, 9.17) is 4.42 Å². The zero-order valence-corrected chi connectivity index (χ0v) is 12.3. The van der Waals surface area contributed by atoms with E-state index >= 15 is 0 Å². The first-order valence-electron chi connectivity index (χ1n) is 7.03. The third-order valence-electron chi connectivity index (χ3n) is 3.54. The molecule has 1 N–H and O–H groups in total. The first kappa shape index (κ1) is 13.6. The number of imidazole rings is 1. The summed E-state index contributed by atoms with van der Waals surface area (Å²) in [6, 6.07) is 12.3. The monoisotopic (exact) mass is 281 g/mol. The van der Waals surface area contributed by atoms with Crippen LogP contribution in [0.2, 0.25) is 0 Å². The van der Waals surface area contributed by atoms with Gasteiger partial charge in [0.2, 0.25) is 0 Å². The standard InChI is InChI=1S/C17H19N3O/c1-13-5-3-6-14(11-13)12-19-16(15-7-4-10-21-15)17-18-8-9-20(17)2/h3-11,16,19H,12H2,1-2H3. The number of rotatable bonds is 5. The highest BCUT2D eigenvalue weighted by atomic mass is 16.3. The minimum atomic E-state index is -0.0551. The van der Waals surface area contributed by atoms with Crippen LogP contribution >= 0.6 is 0 Å². The Morgan fingerprint density at radius 1 is 1.29 bits per heavy atom. The maximum Gasteiger partial charge on any atom is 0.133 e. The fourth-order valence-corrected chi connectivity index (χ4v) is 2.47. The molecule has 0 amide bonds. The molecule has 0 aliphatic rings. The fourth-order valence-electron chi connectivity index (χ4n) is 2.47. The Morgan fingerprint density at radius 3 is 2.86 bits per heavy atom. The minimum Gasteiger partial charge on any atom is -0.467 e. The molecule has 0 aliphatic carbocycles. The summed E-state index contributed by atoms with van der Waals surface area (Å²) in [4.78, 5) is 4.44. The molecule has 2 heterocycles. The lowest BCUT2D eigenvalue weighted by molar-refractivity contribution is 0.429. The number of furan rings is 1. The van der Waals surface area contributed by atoms with Gasteiger partial charge in [-0.3, -0.25) is 5.32 Å². The van der Waals surface area contributed by atoms with Crippen molar-refractivity contribution in [1.29, 1.82) is 0 Å². The first-order chi connectivity index (χ1) is 10.2. The van der Waals surface area contributed by atoms with Crippen LogP contribution in [-0.4, -0.2) is 9.55 Å². The van der Waals surface area contributed by atoms with Crippen LogP contribution in [0.15, 0.2) is 59.5 Å². The molecule has 3 aromatic rings. The Kier molecular flexibility index (Phi) is 3.88. The molecule has 1 atom stereocenters. The van der Waals surface area contributed by atoms with Crippen molar-refractivity contribution in [2.45, 2.75) is 19.5 Å². The average Bonchev–Trinajstić information content (AvgIpc) is 3.12. The largest absolute Gasteiger partial charge is 0.467 e. The van der Waals surface area contributed by atoms with Crippen LogP contribution in [0.3, 0.4) is 0 Å². The lowest BCUT2D eigenvalue weighted by Crippen LogP contribution is -2.24. The van der Waals surface area contributed by atoms with Gasteiger partial charge in [0, 0.05) is 26.0 Å². The fraction of sp³-hybridized carbons (Fsp3) is 0.235. The van der Waals surface area contributed by atoms with Crippen molar-refractivity contribution < 1.29 is 4.42 Å². The number of aromatic nitrogens is 2. The van der Waals surface area contributed by atoms with Gasteiger partial charge < -0.3 is 8.98 Å². The molecule has 1 aromatic carbocycles. The predicted molar refractivity (Wildman–Crippen MR) is 81.8 cm³/mol. The van der Waals surface area contributed by atoms with E-state index in [1.54, 1.807) is 12.5 Å². The van der Waals surface area contributed by atoms with Crippen molar-refractivity contribution in [1.82, 2.24) is 14.9 Å². The lowest BCUT2D eigenvalue weighted by Gasteiger charge is -2.16. The molecule has 3 rings (SSSR count). The molecule has 0 saturated heterocycles. The summed E-state index contributed by atoms with van der Waals surface area (Å²) < 4.78 is 7.58. The van der Waals surface area contributed by atoms with E-state index in [9.17, 15) is 0 Å². The van der Waals surface area contributed by atoms with Crippen LogP contribution in [0.1, 0.15) is 28.8 Å². The molecule has 4 heteroatoms. The Hall–Kier alpha value is -2.33. The van der Waals surface area contributed by atoms with E-state index < -0.39 is 0 Å². The summed E-state index contributed by atoms with van der Waals surface area (Å²) in [6.07, 6.45) is 5.44. The Morgan fingerprint density at radius 2 is 2.19 bits per heavy atom. The Labute approximate surface area is 124 Å². The van der Waals surface area contributed by atoms with Gasteiger partial charge in [0.05, 0.1) is 6.26 Å². The topological polar surface area (TPSA) is 43.0 Å². The highest BCUT2D eigenvalue weighted by Crippen LogP contribution is 2.21. The van der Waals surface area contributed by atoms with Gasteiger partial charge in [0.1, 0.15) is 17.6 Å².